The second-order valence-corrected chi connectivity index (χ2v) is 9.96. The van der Waals surface area contributed by atoms with Crippen LogP contribution in [0.25, 0.3) is 10.8 Å². The van der Waals surface area contributed by atoms with Gasteiger partial charge in [-0.25, -0.2) is 8.42 Å². The molecule has 4 rings (SSSR count). The third-order valence-electron chi connectivity index (χ3n) is 6.54. The highest BCUT2D eigenvalue weighted by Gasteiger charge is 2.50. The zero-order valence-corrected chi connectivity index (χ0v) is 16.9. The molecule has 0 saturated carbocycles. The molecule has 2 saturated heterocycles. The normalized spacial score (nSPS) is 21.6. The predicted molar refractivity (Wildman–Crippen MR) is 108 cm³/mol. The lowest BCUT2D eigenvalue weighted by Gasteiger charge is -2.44. The van der Waals surface area contributed by atoms with Crippen molar-refractivity contribution in [3.63, 3.8) is 0 Å². The first-order valence-corrected chi connectivity index (χ1v) is 11.5. The van der Waals surface area contributed by atoms with Gasteiger partial charge < -0.3 is 10.6 Å². The number of hydrogen-bond donors (Lipinski definition) is 2. The molecule has 2 fully saturated rings. The van der Waals surface area contributed by atoms with Crippen molar-refractivity contribution in [2.75, 3.05) is 26.2 Å². The molecule has 3 N–H and O–H groups in total. The van der Waals surface area contributed by atoms with Crippen molar-refractivity contribution in [2.45, 2.75) is 42.5 Å². The van der Waals surface area contributed by atoms with Crippen molar-refractivity contribution >= 4 is 26.7 Å². The standard InChI is InChI=1S/C21H27N3O3S/c22-20(25)21(23-12-4-1-5-13-23)10-14-24(15-11-21)28(26,27)19-9-8-17-6-2-3-7-18(17)16-19/h2-3,6-9,16H,1,4-5,10-15H2,(H2,22,25)/p+1. The number of carbonyl (C=O) groups excluding carboxylic acids is 1. The fourth-order valence-corrected chi connectivity index (χ4v) is 6.29. The van der Waals surface area contributed by atoms with E-state index in [2.05, 4.69) is 0 Å². The van der Waals surface area contributed by atoms with Crippen LogP contribution in [0.4, 0.5) is 0 Å². The average Bonchev–Trinajstić information content (AvgIpc) is 2.74. The van der Waals surface area contributed by atoms with Gasteiger partial charge in [0.1, 0.15) is 0 Å². The van der Waals surface area contributed by atoms with Gasteiger partial charge in [0.15, 0.2) is 5.54 Å². The molecule has 150 valence electrons. The zero-order chi connectivity index (χ0) is 19.8. The van der Waals surface area contributed by atoms with E-state index in [4.69, 9.17) is 5.73 Å². The number of benzene rings is 2. The minimum Gasteiger partial charge on any atom is -0.364 e. The third kappa shape index (κ3) is 3.32. The molecule has 0 spiro atoms. The van der Waals surface area contributed by atoms with Crippen molar-refractivity contribution < 1.29 is 18.1 Å². The molecule has 0 radical (unpaired) electrons. The molecule has 28 heavy (non-hydrogen) atoms. The van der Waals surface area contributed by atoms with E-state index in [0.29, 0.717) is 30.8 Å². The minimum atomic E-state index is -3.59. The van der Waals surface area contributed by atoms with Gasteiger partial charge in [-0.1, -0.05) is 30.3 Å². The molecule has 1 amide bonds. The van der Waals surface area contributed by atoms with E-state index in [1.807, 2.05) is 30.3 Å². The molecule has 0 atom stereocenters. The van der Waals surface area contributed by atoms with Gasteiger partial charge in [-0.2, -0.15) is 4.31 Å². The Labute approximate surface area is 166 Å². The Morgan fingerprint density at radius 3 is 2.25 bits per heavy atom. The van der Waals surface area contributed by atoms with Crippen LogP contribution in [0, 0.1) is 0 Å². The molecule has 0 aliphatic carbocycles. The molecule has 0 unspecified atom stereocenters. The van der Waals surface area contributed by atoms with Crippen LogP contribution in [-0.4, -0.2) is 50.3 Å². The van der Waals surface area contributed by atoms with E-state index in [1.54, 1.807) is 12.1 Å². The number of likely N-dealkylation sites (tertiary alicyclic amines) is 1. The lowest BCUT2D eigenvalue weighted by Crippen LogP contribution is -3.22. The highest BCUT2D eigenvalue weighted by molar-refractivity contribution is 7.89. The molecule has 7 heteroatoms. The summed E-state index contributed by atoms with van der Waals surface area (Å²) in [5, 5.41) is 1.92. The summed E-state index contributed by atoms with van der Waals surface area (Å²) in [6.45, 7) is 2.56. The van der Waals surface area contributed by atoms with E-state index in [-0.39, 0.29) is 5.91 Å². The van der Waals surface area contributed by atoms with Crippen LogP contribution in [0.15, 0.2) is 47.4 Å². The number of amides is 1. The number of nitrogens with two attached hydrogens (primary N) is 1. The SMILES string of the molecule is NC(=O)C1([NH+]2CCCCC2)CCN(S(=O)(=O)c2ccc3ccccc3c2)CC1. The third-order valence-corrected chi connectivity index (χ3v) is 8.43. The zero-order valence-electron chi connectivity index (χ0n) is 16.1. The van der Waals surface area contributed by atoms with Gasteiger partial charge in [0.25, 0.3) is 5.91 Å². The van der Waals surface area contributed by atoms with Crippen LogP contribution in [0.2, 0.25) is 0 Å². The van der Waals surface area contributed by atoms with Crippen LogP contribution in [-0.2, 0) is 14.8 Å². The van der Waals surface area contributed by atoms with Gasteiger partial charge in [-0.05, 0) is 42.2 Å². The molecule has 2 aromatic rings. The number of hydrogen-bond acceptors (Lipinski definition) is 3. The summed E-state index contributed by atoms with van der Waals surface area (Å²) in [6.07, 6.45) is 4.38. The van der Waals surface area contributed by atoms with Gasteiger partial charge in [-0.15, -0.1) is 0 Å². The van der Waals surface area contributed by atoms with E-state index in [9.17, 15) is 13.2 Å². The molecule has 0 aromatic heterocycles. The Bertz CT molecular complexity index is 975. The van der Waals surface area contributed by atoms with Gasteiger partial charge in [0, 0.05) is 25.9 Å². The molecule has 2 aromatic carbocycles. The Kier molecular flexibility index (Phi) is 5.16. The van der Waals surface area contributed by atoms with Crippen LogP contribution >= 0.6 is 0 Å². The first-order valence-electron chi connectivity index (χ1n) is 10.1. The van der Waals surface area contributed by atoms with Crippen LogP contribution in [0.1, 0.15) is 32.1 Å². The number of primary amides is 1. The highest BCUT2D eigenvalue weighted by Crippen LogP contribution is 2.27. The van der Waals surface area contributed by atoms with Crippen LogP contribution in [0.5, 0.6) is 0 Å². The average molecular weight is 403 g/mol. The number of fused-ring (bicyclic) bond motifs is 1. The Morgan fingerprint density at radius 2 is 1.61 bits per heavy atom. The molecule has 0 bridgehead atoms. The predicted octanol–water partition coefficient (Wildman–Crippen LogP) is 0.917. The van der Waals surface area contributed by atoms with Gasteiger partial charge in [-0.3, -0.25) is 4.79 Å². The topological polar surface area (TPSA) is 84.9 Å². The summed E-state index contributed by atoms with van der Waals surface area (Å²) in [5.41, 5.74) is 5.20. The summed E-state index contributed by atoms with van der Waals surface area (Å²) in [4.78, 5) is 13.9. The quantitative estimate of drug-likeness (QED) is 0.797. The second-order valence-electron chi connectivity index (χ2n) is 8.02. The lowest BCUT2D eigenvalue weighted by molar-refractivity contribution is -0.948. The second kappa shape index (κ2) is 7.46. The summed E-state index contributed by atoms with van der Waals surface area (Å²) in [6, 6.07) is 13.0. The summed E-state index contributed by atoms with van der Waals surface area (Å²) >= 11 is 0. The van der Waals surface area contributed by atoms with Crippen molar-refractivity contribution in [1.82, 2.24) is 4.31 Å². The maximum Gasteiger partial charge on any atom is 0.278 e. The van der Waals surface area contributed by atoms with E-state index >= 15 is 0 Å². The number of nitrogens with one attached hydrogen (secondary N) is 1. The highest BCUT2D eigenvalue weighted by atomic mass is 32.2. The molecule has 2 aliphatic heterocycles. The monoisotopic (exact) mass is 402 g/mol. The van der Waals surface area contributed by atoms with E-state index in [0.717, 1.165) is 36.7 Å². The number of sulfonamides is 1. The van der Waals surface area contributed by atoms with Crippen molar-refractivity contribution in [2.24, 2.45) is 5.73 Å². The fourth-order valence-electron chi connectivity index (χ4n) is 4.82. The first-order chi connectivity index (χ1) is 13.4. The molecule has 2 heterocycles. The van der Waals surface area contributed by atoms with Gasteiger partial charge in [0.2, 0.25) is 10.0 Å². The van der Waals surface area contributed by atoms with Crippen molar-refractivity contribution in [3.8, 4) is 0 Å². The van der Waals surface area contributed by atoms with E-state index in [1.165, 1.54) is 15.6 Å². The number of rotatable bonds is 4. The summed E-state index contributed by atoms with van der Waals surface area (Å²) in [7, 11) is -3.59. The number of nitrogens with zero attached hydrogens (tertiary/aromatic N) is 1. The number of carbonyl (C=O) groups is 1. The smallest absolute Gasteiger partial charge is 0.278 e. The maximum absolute atomic E-state index is 13.2. The van der Waals surface area contributed by atoms with Crippen LogP contribution < -0.4 is 10.6 Å². The van der Waals surface area contributed by atoms with Gasteiger partial charge in [0.05, 0.1) is 18.0 Å². The maximum atomic E-state index is 13.2. The van der Waals surface area contributed by atoms with E-state index < -0.39 is 15.6 Å². The Balaban J connectivity index is 1.56. The molecule has 2 aliphatic rings. The Morgan fingerprint density at radius 1 is 0.964 bits per heavy atom. The van der Waals surface area contributed by atoms with Crippen molar-refractivity contribution in [3.05, 3.63) is 42.5 Å². The lowest BCUT2D eigenvalue weighted by atomic mass is 9.84. The fraction of sp³-hybridized carbons (Fsp3) is 0.476. The first kappa shape index (κ1) is 19.4. The molecular weight excluding hydrogens is 374 g/mol. The van der Waals surface area contributed by atoms with Gasteiger partial charge >= 0.3 is 0 Å². The molecule has 6 nitrogen and oxygen atoms in total. The summed E-state index contributed by atoms with van der Waals surface area (Å²) in [5.74, 6) is -0.285. The van der Waals surface area contributed by atoms with Crippen molar-refractivity contribution in [1.29, 1.82) is 0 Å². The minimum absolute atomic E-state index is 0.285. The number of quaternary nitrogens is 1. The largest absolute Gasteiger partial charge is 0.364 e. The molecular formula is C21H28N3O3S+. The van der Waals surface area contributed by atoms with Crippen LogP contribution in [0.3, 0.4) is 0 Å². The summed E-state index contributed by atoms with van der Waals surface area (Å²) < 4.78 is 27.9. The number of piperidine rings is 2. The Hall–Kier alpha value is -1.96.